The maximum Gasteiger partial charge on any atom is 0.191 e. The molecule has 0 atom stereocenters. The smallest absolute Gasteiger partial charge is 0.191 e. The Labute approximate surface area is 119 Å². The number of aliphatic imine (C=N–C) groups is 1. The molecule has 106 valence electrons. The Morgan fingerprint density at radius 1 is 1.25 bits per heavy atom. The van der Waals surface area contributed by atoms with E-state index in [1.807, 2.05) is 18.2 Å². The van der Waals surface area contributed by atoms with Crippen LogP contribution < -0.4 is 5.73 Å². The van der Waals surface area contributed by atoms with Gasteiger partial charge in [-0.1, -0.05) is 18.2 Å². The van der Waals surface area contributed by atoms with Crippen LogP contribution in [-0.2, 0) is 6.54 Å². The highest BCUT2D eigenvalue weighted by Gasteiger charge is 2.13. The molecular formula is C16H21N3O. The number of piperidine rings is 1. The normalized spacial score (nSPS) is 16.9. The molecule has 1 aliphatic heterocycles. The molecule has 0 spiro atoms. The number of fused-ring (bicyclic) bond motifs is 1. The summed E-state index contributed by atoms with van der Waals surface area (Å²) in [6.45, 7) is 4.64. The first kappa shape index (κ1) is 13.0. The zero-order valence-corrected chi connectivity index (χ0v) is 11.9. The first-order valence-electron chi connectivity index (χ1n) is 7.27. The third kappa shape index (κ3) is 2.50. The van der Waals surface area contributed by atoms with Crippen molar-refractivity contribution >= 4 is 16.9 Å². The summed E-state index contributed by atoms with van der Waals surface area (Å²) in [4.78, 5) is 6.67. The van der Waals surface area contributed by atoms with Crippen molar-refractivity contribution in [3.63, 3.8) is 0 Å². The minimum absolute atomic E-state index is 0.517. The minimum Gasteiger partial charge on any atom is -0.459 e. The fourth-order valence-electron chi connectivity index (χ4n) is 2.75. The first-order valence-corrected chi connectivity index (χ1v) is 7.27. The largest absolute Gasteiger partial charge is 0.459 e. The Hall–Kier alpha value is -1.97. The van der Waals surface area contributed by atoms with E-state index in [4.69, 9.17) is 10.2 Å². The van der Waals surface area contributed by atoms with Crippen molar-refractivity contribution in [2.75, 3.05) is 13.1 Å². The summed E-state index contributed by atoms with van der Waals surface area (Å²) in [5.41, 5.74) is 8.16. The highest BCUT2D eigenvalue weighted by atomic mass is 16.3. The van der Waals surface area contributed by atoms with E-state index in [9.17, 15) is 0 Å². The van der Waals surface area contributed by atoms with E-state index in [0.717, 1.165) is 35.4 Å². The molecule has 3 rings (SSSR count). The number of rotatable bonds is 2. The van der Waals surface area contributed by atoms with Gasteiger partial charge in [0.25, 0.3) is 0 Å². The SMILES string of the molecule is Cc1c(CN=C(N)N2CCCCC2)oc2ccccc12. The number of hydrogen-bond donors (Lipinski definition) is 1. The quantitative estimate of drug-likeness (QED) is 0.674. The van der Waals surface area contributed by atoms with Gasteiger partial charge in [0.1, 0.15) is 17.9 Å². The van der Waals surface area contributed by atoms with Crippen LogP contribution in [0, 0.1) is 6.92 Å². The molecule has 1 aliphatic rings. The molecule has 1 saturated heterocycles. The van der Waals surface area contributed by atoms with Crippen LogP contribution in [0.4, 0.5) is 0 Å². The molecule has 0 amide bonds. The van der Waals surface area contributed by atoms with Gasteiger partial charge in [0, 0.05) is 24.0 Å². The number of hydrogen-bond acceptors (Lipinski definition) is 2. The third-order valence-corrected chi connectivity index (χ3v) is 4.01. The zero-order chi connectivity index (χ0) is 13.9. The monoisotopic (exact) mass is 271 g/mol. The molecule has 0 radical (unpaired) electrons. The van der Waals surface area contributed by atoms with Crippen molar-refractivity contribution < 1.29 is 4.42 Å². The molecule has 1 aromatic heterocycles. The Morgan fingerprint density at radius 3 is 2.75 bits per heavy atom. The summed E-state index contributed by atoms with van der Waals surface area (Å²) in [7, 11) is 0. The zero-order valence-electron chi connectivity index (χ0n) is 11.9. The summed E-state index contributed by atoms with van der Waals surface area (Å²) in [6, 6.07) is 8.08. The highest BCUT2D eigenvalue weighted by molar-refractivity contribution is 5.82. The molecule has 0 unspecified atom stereocenters. The van der Waals surface area contributed by atoms with Crippen molar-refractivity contribution in [1.29, 1.82) is 0 Å². The van der Waals surface area contributed by atoms with Gasteiger partial charge >= 0.3 is 0 Å². The number of nitrogens with two attached hydrogens (primary N) is 1. The van der Waals surface area contributed by atoms with E-state index in [-0.39, 0.29) is 0 Å². The van der Waals surface area contributed by atoms with Crippen LogP contribution >= 0.6 is 0 Å². The van der Waals surface area contributed by atoms with Crippen molar-refractivity contribution in [2.45, 2.75) is 32.7 Å². The van der Waals surface area contributed by atoms with Crippen LogP contribution in [0.25, 0.3) is 11.0 Å². The van der Waals surface area contributed by atoms with E-state index < -0.39 is 0 Å². The topological polar surface area (TPSA) is 54.8 Å². The number of furan rings is 1. The van der Waals surface area contributed by atoms with Gasteiger partial charge in [0.2, 0.25) is 0 Å². The second kappa shape index (κ2) is 5.57. The van der Waals surface area contributed by atoms with Crippen LogP contribution in [-0.4, -0.2) is 23.9 Å². The van der Waals surface area contributed by atoms with E-state index in [2.05, 4.69) is 22.9 Å². The lowest BCUT2D eigenvalue weighted by atomic mass is 10.1. The highest BCUT2D eigenvalue weighted by Crippen LogP contribution is 2.25. The fraction of sp³-hybridized carbons (Fsp3) is 0.438. The molecule has 4 heteroatoms. The van der Waals surface area contributed by atoms with Crippen LogP contribution in [0.3, 0.4) is 0 Å². The second-order valence-electron chi connectivity index (χ2n) is 5.37. The predicted molar refractivity (Wildman–Crippen MR) is 81.7 cm³/mol. The lowest BCUT2D eigenvalue weighted by Crippen LogP contribution is -2.40. The molecule has 2 aromatic rings. The maximum atomic E-state index is 6.07. The summed E-state index contributed by atoms with van der Waals surface area (Å²) < 4.78 is 5.86. The minimum atomic E-state index is 0.517. The predicted octanol–water partition coefficient (Wildman–Crippen LogP) is 3.04. The Morgan fingerprint density at radius 2 is 2.00 bits per heavy atom. The number of aryl methyl sites for hydroxylation is 1. The van der Waals surface area contributed by atoms with Crippen molar-refractivity contribution in [2.24, 2.45) is 10.7 Å². The molecule has 0 bridgehead atoms. The Balaban J connectivity index is 1.77. The molecule has 1 aromatic carbocycles. The van der Waals surface area contributed by atoms with Gasteiger partial charge < -0.3 is 15.1 Å². The standard InChI is InChI=1S/C16H21N3O/c1-12-13-7-3-4-8-14(13)20-15(12)11-18-16(17)19-9-5-2-6-10-19/h3-4,7-8H,2,5-6,9-11H2,1H3,(H2,17,18). The summed E-state index contributed by atoms with van der Waals surface area (Å²) >= 11 is 0. The van der Waals surface area contributed by atoms with Gasteiger partial charge in [-0.05, 0) is 32.3 Å². The molecule has 2 heterocycles. The molecular weight excluding hydrogens is 250 g/mol. The average molecular weight is 271 g/mol. The van der Waals surface area contributed by atoms with Crippen molar-refractivity contribution in [1.82, 2.24) is 4.90 Å². The molecule has 0 saturated carbocycles. The lowest BCUT2D eigenvalue weighted by molar-refractivity contribution is 0.337. The fourth-order valence-corrected chi connectivity index (χ4v) is 2.75. The molecule has 2 N–H and O–H groups in total. The second-order valence-corrected chi connectivity index (χ2v) is 5.37. The van der Waals surface area contributed by atoms with Gasteiger partial charge in [-0.2, -0.15) is 0 Å². The summed E-state index contributed by atoms with van der Waals surface area (Å²) in [5, 5.41) is 1.16. The summed E-state index contributed by atoms with van der Waals surface area (Å²) in [5.74, 6) is 1.55. The average Bonchev–Trinajstić information content (AvgIpc) is 2.83. The molecule has 20 heavy (non-hydrogen) atoms. The maximum absolute atomic E-state index is 6.07. The van der Waals surface area contributed by atoms with E-state index in [0.29, 0.717) is 12.5 Å². The number of nitrogens with zero attached hydrogens (tertiary/aromatic N) is 2. The number of benzene rings is 1. The van der Waals surface area contributed by atoms with Gasteiger partial charge in [-0.3, -0.25) is 0 Å². The Bertz CT molecular complexity index is 624. The van der Waals surface area contributed by atoms with Crippen LogP contribution in [0.1, 0.15) is 30.6 Å². The van der Waals surface area contributed by atoms with E-state index in [1.165, 1.54) is 19.3 Å². The summed E-state index contributed by atoms with van der Waals surface area (Å²) in [6.07, 6.45) is 3.71. The van der Waals surface area contributed by atoms with Crippen LogP contribution in [0.5, 0.6) is 0 Å². The van der Waals surface area contributed by atoms with Gasteiger partial charge in [0.05, 0.1) is 0 Å². The number of likely N-dealkylation sites (tertiary alicyclic amines) is 1. The lowest BCUT2D eigenvalue weighted by Gasteiger charge is -2.27. The Kier molecular flexibility index (Phi) is 3.63. The van der Waals surface area contributed by atoms with Crippen LogP contribution in [0.2, 0.25) is 0 Å². The molecule has 1 fully saturated rings. The molecule has 4 nitrogen and oxygen atoms in total. The number of guanidine groups is 1. The van der Waals surface area contributed by atoms with Crippen LogP contribution in [0.15, 0.2) is 33.7 Å². The first-order chi connectivity index (χ1) is 9.75. The van der Waals surface area contributed by atoms with Crippen molar-refractivity contribution in [3.05, 3.63) is 35.6 Å². The molecule has 0 aliphatic carbocycles. The third-order valence-electron chi connectivity index (χ3n) is 4.01. The van der Waals surface area contributed by atoms with Gasteiger partial charge in [0.15, 0.2) is 5.96 Å². The van der Waals surface area contributed by atoms with Crippen molar-refractivity contribution in [3.8, 4) is 0 Å². The van der Waals surface area contributed by atoms with E-state index in [1.54, 1.807) is 0 Å². The van der Waals surface area contributed by atoms with Gasteiger partial charge in [-0.15, -0.1) is 0 Å². The number of para-hydroxylation sites is 1. The van der Waals surface area contributed by atoms with E-state index >= 15 is 0 Å². The van der Waals surface area contributed by atoms with Gasteiger partial charge in [-0.25, -0.2) is 4.99 Å².